The van der Waals surface area contributed by atoms with E-state index in [1.807, 2.05) is 4.90 Å². The Kier molecular flexibility index (Phi) is 5.17. The van der Waals surface area contributed by atoms with Crippen LogP contribution in [0.25, 0.3) is 0 Å². The molecular formula is C17H27N3O5. The van der Waals surface area contributed by atoms with Crippen molar-refractivity contribution in [1.29, 1.82) is 0 Å². The first kappa shape index (κ1) is 18.0. The first-order valence-electron chi connectivity index (χ1n) is 9.19. The number of urea groups is 1. The van der Waals surface area contributed by atoms with Crippen molar-refractivity contribution < 1.29 is 24.6 Å². The zero-order chi connectivity index (χ0) is 18.0. The number of piperidine rings is 2. The van der Waals surface area contributed by atoms with Gasteiger partial charge in [0.05, 0.1) is 5.92 Å². The van der Waals surface area contributed by atoms with Crippen LogP contribution in [0.15, 0.2) is 0 Å². The summed E-state index contributed by atoms with van der Waals surface area (Å²) in [5.41, 5.74) is -1.72. The van der Waals surface area contributed by atoms with Crippen molar-refractivity contribution in [1.82, 2.24) is 14.7 Å². The van der Waals surface area contributed by atoms with Crippen LogP contribution in [0, 0.1) is 5.92 Å². The van der Waals surface area contributed by atoms with Crippen molar-refractivity contribution in [2.45, 2.75) is 44.1 Å². The lowest BCUT2D eigenvalue weighted by atomic mass is 9.89. The third-order valence-electron chi connectivity index (χ3n) is 5.72. The van der Waals surface area contributed by atoms with E-state index in [2.05, 4.69) is 0 Å². The molecule has 0 saturated carbocycles. The molecule has 0 spiro atoms. The topological polar surface area (TPSA) is 101 Å². The summed E-state index contributed by atoms with van der Waals surface area (Å²) in [4.78, 5) is 41.7. The second-order valence-electron chi connectivity index (χ2n) is 7.42. The lowest BCUT2D eigenvalue weighted by Gasteiger charge is -2.40. The fourth-order valence-corrected chi connectivity index (χ4v) is 4.03. The molecule has 25 heavy (non-hydrogen) atoms. The van der Waals surface area contributed by atoms with E-state index < -0.39 is 11.6 Å². The summed E-state index contributed by atoms with van der Waals surface area (Å²) < 4.78 is 0. The number of likely N-dealkylation sites (tertiary alicyclic amines) is 3. The molecule has 0 bridgehead atoms. The van der Waals surface area contributed by atoms with Gasteiger partial charge in [0.15, 0.2) is 5.60 Å². The Hall–Kier alpha value is -1.83. The van der Waals surface area contributed by atoms with Crippen LogP contribution < -0.4 is 0 Å². The van der Waals surface area contributed by atoms with Crippen molar-refractivity contribution in [3.63, 3.8) is 0 Å². The van der Waals surface area contributed by atoms with Gasteiger partial charge in [0, 0.05) is 52.1 Å². The van der Waals surface area contributed by atoms with E-state index in [1.54, 1.807) is 9.80 Å². The minimum absolute atomic E-state index is 0.0219. The highest BCUT2D eigenvalue weighted by Crippen LogP contribution is 2.26. The molecule has 3 heterocycles. The highest BCUT2D eigenvalue weighted by atomic mass is 16.4. The van der Waals surface area contributed by atoms with Gasteiger partial charge < -0.3 is 24.9 Å². The molecule has 1 unspecified atom stereocenters. The number of amides is 3. The molecule has 0 aromatic heterocycles. The summed E-state index contributed by atoms with van der Waals surface area (Å²) in [7, 11) is 0. The highest BCUT2D eigenvalue weighted by molar-refractivity contribution is 5.82. The molecule has 3 rings (SSSR count). The molecule has 0 aromatic rings. The van der Waals surface area contributed by atoms with Crippen molar-refractivity contribution in [2.24, 2.45) is 5.92 Å². The summed E-state index contributed by atoms with van der Waals surface area (Å²) in [6, 6.07) is 0.0360. The average Bonchev–Trinajstić information content (AvgIpc) is 3.16. The number of carboxylic acids is 1. The summed E-state index contributed by atoms with van der Waals surface area (Å²) in [5, 5.41) is 19.1. The molecule has 0 aliphatic carbocycles. The summed E-state index contributed by atoms with van der Waals surface area (Å²) in [5.74, 6) is -1.47. The van der Waals surface area contributed by atoms with Crippen LogP contribution in [-0.2, 0) is 9.59 Å². The normalized spacial score (nSPS) is 26.6. The van der Waals surface area contributed by atoms with E-state index in [0.29, 0.717) is 13.1 Å². The summed E-state index contributed by atoms with van der Waals surface area (Å²) in [6.07, 6.45) is 3.75. The van der Waals surface area contributed by atoms with Crippen LogP contribution in [0.5, 0.6) is 0 Å². The third kappa shape index (κ3) is 3.73. The van der Waals surface area contributed by atoms with Gasteiger partial charge in [0.2, 0.25) is 5.91 Å². The number of aliphatic carboxylic acids is 1. The lowest BCUT2D eigenvalue weighted by Crippen LogP contribution is -2.54. The van der Waals surface area contributed by atoms with E-state index in [-0.39, 0.29) is 43.8 Å². The van der Waals surface area contributed by atoms with Gasteiger partial charge in [-0.2, -0.15) is 0 Å². The van der Waals surface area contributed by atoms with Crippen LogP contribution in [-0.4, -0.2) is 87.7 Å². The number of carbonyl (C=O) groups excluding carboxylic acids is 2. The number of aliphatic hydroxyl groups is 1. The van der Waals surface area contributed by atoms with Crippen molar-refractivity contribution in [3.8, 4) is 0 Å². The van der Waals surface area contributed by atoms with Gasteiger partial charge in [-0.15, -0.1) is 0 Å². The zero-order valence-corrected chi connectivity index (χ0v) is 14.5. The van der Waals surface area contributed by atoms with Gasteiger partial charge in [0.25, 0.3) is 0 Å². The number of nitrogens with zero attached hydrogens (tertiary/aromatic N) is 3. The van der Waals surface area contributed by atoms with E-state index in [4.69, 9.17) is 5.11 Å². The van der Waals surface area contributed by atoms with Gasteiger partial charge in [-0.1, -0.05) is 0 Å². The predicted octanol–water partition coefficient (Wildman–Crippen LogP) is 0.352. The maximum atomic E-state index is 12.8. The van der Waals surface area contributed by atoms with E-state index in [9.17, 15) is 19.5 Å². The number of hydrogen-bond donors (Lipinski definition) is 2. The first-order valence-corrected chi connectivity index (χ1v) is 9.19. The Balaban J connectivity index is 1.55. The monoisotopic (exact) mass is 353 g/mol. The van der Waals surface area contributed by atoms with Crippen LogP contribution in [0.4, 0.5) is 4.79 Å². The molecule has 3 aliphatic rings. The SMILES string of the molecule is O=C(C1CCCN(C(=O)N2CCCC2)C1)N1CCC(O)(C(=O)O)CC1. The highest BCUT2D eigenvalue weighted by Gasteiger charge is 2.42. The molecule has 2 N–H and O–H groups in total. The van der Waals surface area contributed by atoms with Gasteiger partial charge in [-0.05, 0) is 25.7 Å². The zero-order valence-electron chi connectivity index (χ0n) is 14.5. The maximum absolute atomic E-state index is 12.8. The Morgan fingerprint density at radius 3 is 2.04 bits per heavy atom. The first-order chi connectivity index (χ1) is 11.9. The minimum atomic E-state index is -1.72. The summed E-state index contributed by atoms with van der Waals surface area (Å²) in [6.45, 7) is 3.23. The Labute approximate surface area is 147 Å². The molecule has 8 heteroatoms. The molecule has 3 amide bonds. The number of hydrogen-bond acceptors (Lipinski definition) is 4. The van der Waals surface area contributed by atoms with Crippen LogP contribution >= 0.6 is 0 Å². The summed E-state index contributed by atoms with van der Waals surface area (Å²) >= 11 is 0. The Bertz CT molecular complexity index is 538. The van der Waals surface area contributed by atoms with Crippen molar-refractivity contribution >= 4 is 17.9 Å². The second kappa shape index (κ2) is 7.19. The fourth-order valence-electron chi connectivity index (χ4n) is 4.03. The second-order valence-corrected chi connectivity index (χ2v) is 7.42. The number of carboxylic acid groups (broad SMARTS) is 1. The quantitative estimate of drug-likeness (QED) is 0.746. The van der Waals surface area contributed by atoms with Crippen LogP contribution in [0.3, 0.4) is 0 Å². The minimum Gasteiger partial charge on any atom is -0.479 e. The molecular weight excluding hydrogens is 326 g/mol. The van der Waals surface area contributed by atoms with Gasteiger partial charge in [-0.3, -0.25) is 4.79 Å². The third-order valence-corrected chi connectivity index (χ3v) is 5.72. The smallest absolute Gasteiger partial charge is 0.335 e. The number of carbonyl (C=O) groups is 3. The van der Waals surface area contributed by atoms with Crippen LogP contribution in [0.2, 0.25) is 0 Å². The van der Waals surface area contributed by atoms with E-state index in [1.165, 1.54) is 0 Å². The van der Waals surface area contributed by atoms with Gasteiger partial charge >= 0.3 is 12.0 Å². The van der Waals surface area contributed by atoms with Crippen molar-refractivity contribution in [3.05, 3.63) is 0 Å². The molecule has 3 aliphatic heterocycles. The van der Waals surface area contributed by atoms with Gasteiger partial charge in [-0.25, -0.2) is 9.59 Å². The molecule has 8 nitrogen and oxygen atoms in total. The maximum Gasteiger partial charge on any atom is 0.335 e. The molecule has 3 saturated heterocycles. The van der Waals surface area contributed by atoms with E-state index in [0.717, 1.165) is 38.8 Å². The molecule has 140 valence electrons. The molecule has 1 atom stereocenters. The van der Waals surface area contributed by atoms with Crippen molar-refractivity contribution in [2.75, 3.05) is 39.3 Å². The molecule has 0 radical (unpaired) electrons. The average molecular weight is 353 g/mol. The Morgan fingerprint density at radius 1 is 0.840 bits per heavy atom. The van der Waals surface area contributed by atoms with Gasteiger partial charge in [0.1, 0.15) is 0 Å². The molecule has 0 aromatic carbocycles. The molecule has 3 fully saturated rings. The lowest BCUT2D eigenvalue weighted by molar-refractivity contribution is -0.166. The predicted molar refractivity (Wildman–Crippen MR) is 88.9 cm³/mol. The van der Waals surface area contributed by atoms with E-state index >= 15 is 0 Å². The van der Waals surface area contributed by atoms with Crippen LogP contribution in [0.1, 0.15) is 38.5 Å². The number of rotatable bonds is 2. The largest absolute Gasteiger partial charge is 0.479 e. The standard InChI is InChI=1S/C17H27N3O5/c21-14(18-10-5-17(25,6-11-18)15(22)23)13-4-3-9-20(12-13)16(24)19-7-1-2-8-19/h13,25H,1-12H2,(H,22,23). The fraction of sp³-hybridized carbons (Fsp3) is 0.824. The Morgan fingerprint density at radius 2 is 1.44 bits per heavy atom.